The molecular weight excluding hydrogens is 297 g/mol. The van der Waals surface area contributed by atoms with Crippen LogP contribution in [0.4, 0.5) is 0 Å². The van der Waals surface area contributed by atoms with Crippen molar-refractivity contribution >= 4 is 12.6 Å². The predicted octanol–water partition coefficient (Wildman–Crippen LogP) is 3.53. The van der Waals surface area contributed by atoms with Gasteiger partial charge in [0.1, 0.15) is 0 Å². The molecule has 4 heteroatoms. The van der Waals surface area contributed by atoms with Crippen LogP contribution in [-0.4, -0.2) is 36.3 Å². The van der Waals surface area contributed by atoms with Crippen molar-refractivity contribution in [1.29, 1.82) is 0 Å². The highest BCUT2D eigenvalue weighted by Gasteiger charge is 2.51. The Bertz CT molecular complexity index is 575. The molecule has 1 aromatic rings. The molecule has 0 unspecified atom stereocenters. The quantitative estimate of drug-likeness (QED) is 0.792. The van der Waals surface area contributed by atoms with E-state index in [2.05, 4.69) is 64.6 Å². The van der Waals surface area contributed by atoms with Crippen molar-refractivity contribution in [2.75, 3.05) is 13.1 Å². The molecule has 0 radical (unpaired) electrons. The second-order valence-electron chi connectivity index (χ2n) is 8.73. The zero-order valence-electron chi connectivity index (χ0n) is 16.2. The third-order valence-corrected chi connectivity index (χ3v) is 6.17. The summed E-state index contributed by atoms with van der Waals surface area (Å²) in [5, 5.41) is 0. The molecule has 0 amide bonds. The van der Waals surface area contributed by atoms with Gasteiger partial charge in [0.15, 0.2) is 0 Å². The highest BCUT2D eigenvalue weighted by molar-refractivity contribution is 6.62. The fourth-order valence-corrected chi connectivity index (χ4v) is 3.45. The Balaban J connectivity index is 1.75. The van der Waals surface area contributed by atoms with Crippen molar-refractivity contribution in [3.05, 3.63) is 29.3 Å². The van der Waals surface area contributed by atoms with Crippen LogP contribution >= 0.6 is 0 Å². The topological polar surface area (TPSA) is 21.7 Å². The summed E-state index contributed by atoms with van der Waals surface area (Å²) >= 11 is 0. The molecule has 2 saturated heterocycles. The molecule has 2 heterocycles. The highest BCUT2D eigenvalue weighted by Crippen LogP contribution is 2.36. The molecule has 2 aliphatic heterocycles. The van der Waals surface area contributed by atoms with Gasteiger partial charge in [-0.1, -0.05) is 25.1 Å². The third kappa shape index (κ3) is 3.56. The zero-order chi connectivity index (χ0) is 17.5. The summed E-state index contributed by atoms with van der Waals surface area (Å²) in [6.07, 6.45) is 2.63. The fraction of sp³-hybridized carbons (Fsp3) is 0.700. The van der Waals surface area contributed by atoms with Crippen molar-refractivity contribution in [1.82, 2.24) is 4.90 Å². The Morgan fingerprint density at radius 3 is 2.25 bits per heavy atom. The van der Waals surface area contributed by atoms with Crippen LogP contribution in [0.5, 0.6) is 0 Å². The van der Waals surface area contributed by atoms with Gasteiger partial charge in [-0.2, -0.15) is 0 Å². The number of nitrogens with zero attached hydrogens (tertiary/aromatic N) is 1. The second-order valence-corrected chi connectivity index (χ2v) is 8.73. The maximum Gasteiger partial charge on any atom is 0.494 e. The SMILES string of the molecule is Cc1ccc(B2OC(C)(C)C(C)(C)O2)cc1CN1CCC(C)CC1. The molecule has 0 saturated carbocycles. The van der Waals surface area contributed by atoms with Gasteiger partial charge in [-0.05, 0) is 83.1 Å². The Kier molecular flexibility index (Phi) is 4.85. The summed E-state index contributed by atoms with van der Waals surface area (Å²) in [6.45, 7) is 16.5. The Morgan fingerprint density at radius 2 is 1.67 bits per heavy atom. The lowest BCUT2D eigenvalue weighted by Gasteiger charge is -2.32. The van der Waals surface area contributed by atoms with Crippen molar-refractivity contribution in [3.8, 4) is 0 Å². The number of aryl methyl sites for hydroxylation is 1. The molecule has 3 rings (SSSR count). The Hall–Kier alpha value is -0.835. The average Bonchev–Trinajstić information content (AvgIpc) is 2.72. The first-order valence-corrected chi connectivity index (χ1v) is 9.35. The molecule has 2 aliphatic rings. The molecule has 0 N–H and O–H groups in total. The molecule has 0 atom stereocenters. The van der Waals surface area contributed by atoms with Crippen LogP contribution in [0.1, 0.15) is 58.6 Å². The van der Waals surface area contributed by atoms with E-state index in [9.17, 15) is 0 Å². The largest absolute Gasteiger partial charge is 0.494 e. The van der Waals surface area contributed by atoms with Crippen LogP contribution in [-0.2, 0) is 15.9 Å². The van der Waals surface area contributed by atoms with E-state index < -0.39 is 0 Å². The molecule has 3 nitrogen and oxygen atoms in total. The van der Waals surface area contributed by atoms with Gasteiger partial charge in [-0.3, -0.25) is 4.90 Å². The summed E-state index contributed by atoms with van der Waals surface area (Å²) in [7, 11) is -0.268. The molecule has 132 valence electrons. The minimum absolute atomic E-state index is 0.268. The number of hydrogen-bond acceptors (Lipinski definition) is 3. The molecule has 24 heavy (non-hydrogen) atoms. The van der Waals surface area contributed by atoms with E-state index in [0.717, 1.165) is 17.9 Å². The van der Waals surface area contributed by atoms with Crippen LogP contribution < -0.4 is 5.46 Å². The lowest BCUT2D eigenvalue weighted by molar-refractivity contribution is 0.00578. The summed E-state index contributed by atoms with van der Waals surface area (Å²) in [5.41, 5.74) is 3.32. The van der Waals surface area contributed by atoms with E-state index in [4.69, 9.17) is 9.31 Å². The maximum absolute atomic E-state index is 6.21. The van der Waals surface area contributed by atoms with Gasteiger partial charge in [0.2, 0.25) is 0 Å². The predicted molar refractivity (Wildman–Crippen MR) is 101 cm³/mol. The highest BCUT2D eigenvalue weighted by atomic mass is 16.7. The Labute approximate surface area is 147 Å². The van der Waals surface area contributed by atoms with Gasteiger partial charge < -0.3 is 9.31 Å². The molecule has 2 fully saturated rings. The van der Waals surface area contributed by atoms with Crippen LogP contribution in [0, 0.1) is 12.8 Å². The van der Waals surface area contributed by atoms with E-state index in [0.29, 0.717) is 0 Å². The third-order valence-electron chi connectivity index (χ3n) is 6.17. The van der Waals surface area contributed by atoms with E-state index in [1.165, 1.54) is 37.1 Å². The zero-order valence-corrected chi connectivity index (χ0v) is 16.2. The Morgan fingerprint density at radius 1 is 1.08 bits per heavy atom. The van der Waals surface area contributed by atoms with E-state index >= 15 is 0 Å². The van der Waals surface area contributed by atoms with E-state index in [1.54, 1.807) is 0 Å². The summed E-state index contributed by atoms with van der Waals surface area (Å²) in [5.74, 6) is 0.874. The molecule has 0 bridgehead atoms. The van der Waals surface area contributed by atoms with Crippen molar-refractivity contribution < 1.29 is 9.31 Å². The normalized spacial score (nSPS) is 24.5. The van der Waals surface area contributed by atoms with Crippen LogP contribution in [0.25, 0.3) is 0 Å². The average molecular weight is 329 g/mol. The van der Waals surface area contributed by atoms with Gasteiger partial charge in [0.05, 0.1) is 11.2 Å². The summed E-state index contributed by atoms with van der Waals surface area (Å²) in [4.78, 5) is 2.58. The van der Waals surface area contributed by atoms with Crippen molar-refractivity contribution in [3.63, 3.8) is 0 Å². The van der Waals surface area contributed by atoms with Gasteiger partial charge >= 0.3 is 7.12 Å². The maximum atomic E-state index is 6.21. The lowest BCUT2D eigenvalue weighted by Crippen LogP contribution is -2.41. The van der Waals surface area contributed by atoms with E-state index in [1.807, 2.05) is 0 Å². The van der Waals surface area contributed by atoms with E-state index in [-0.39, 0.29) is 18.3 Å². The number of likely N-dealkylation sites (tertiary alicyclic amines) is 1. The second kappa shape index (κ2) is 6.47. The summed E-state index contributed by atoms with van der Waals surface area (Å²) < 4.78 is 12.4. The molecular formula is C20H32BNO2. The van der Waals surface area contributed by atoms with Gasteiger partial charge in [-0.15, -0.1) is 0 Å². The van der Waals surface area contributed by atoms with Gasteiger partial charge in [0.25, 0.3) is 0 Å². The smallest absolute Gasteiger partial charge is 0.399 e. The molecule has 0 spiro atoms. The summed E-state index contributed by atoms with van der Waals surface area (Å²) in [6, 6.07) is 6.65. The number of rotatable bonds is 3. The minimum Gasteiger partial charge on any atom is -0.399 e. The first-order valence-electron chi connectivity index (χ1n) is 9.35. The monoisotopic (exact) mass is 329 g/mol. The van der Waals surface area contributed by atoms with Gasteiger partial charge in [-0.25, -0.2) is 0 Å². The van der Waals surface area contributed by atoms with Crippen LogP contribution in [0.2, 0.25) is 0 Å². The fourth-order valence-electron chi connectivity index (χ4n) is 3.45. The van der Waals surface area contributed by atoms with Crippen molar-refractivity contribution in [2.45, 2.75) is 72.1 Å². The number of hydrogen-bond donors (Lipinski definition) is 0. The minimum atomic E-state index is -0.286. The molecule has 0 aromatic heterocycles. The molecule has 1 aromatic carbocycles. The lowest BCUT2D eigenvalue weighted by atomic mass is 9.77. The van der Waals surface area contributed by atoms with Crippen LogP contribution in [0.15, 0.2) is 18.2 Å². The first-order chi connectivity index (χ1) is 11.2. The number of piperidine rings is 1. The van der Waals surface area contributed by atoms with Gasteiger partial charge in [0, 0.05) is 6.54 Å². The molecule has 0 aliphatic carbocycles. The van der Waals surface area contributed by atoms with Crippen molar-refractivity contribution in [2.24, 2.45) is 5.92 Å². The first kappa shape index (κ1) is 18.0. The standard InChI is InChI=1S/C20H32BNO2/c1-15-9-11-22(12-10-15)14-17-13-18(8-7-16(17)2)21-23-19(3,4)20(5,6)24-21/h7-8,13,15H,9-12,14H2,1-6H3. The number of benzene rings is 1. The van der Waals surface area contributed by atoms with Crippen LogP contribution in [0.3, 0.4) is 0 Å².